The van der Waals surface area contributed by atoms with E-state index in [1.165, 1.54) is 4.90 Å². The first-order chi connectivity index (χ1) is 10.8. The van der Waals surface area contributed by atoms with E-state index in [-0.39, 0.29) is 11.8 Å². The average Bonchev–Trinajstić information content (AvgIpc) is 2.54. The first-order valence-electron chi connectivity index (χ1n) is 7.22. The van der Waals surface area contributed by atoms with Crippen LogP contribution in [0.3, 0.4) is 0 Å². The maximum atomic E-state index is 12.7. The molecule has 0 aromatic heterocycles. The van der Waals surface area contributed by atoms with Crippen LogP contribution in [-0.2, 0) is 9.59 Å². The minimum atomic E-state index is -1.22. The van der Waals surface area contributed by atoms with E-state index in [1.54, 1.807) is 45.2 Å². The highest BCUT2D eigenvalue weighted by Gasteiger charge is 2.38. The Morgan fingerprint density at radius 3 is 2.30 bits per heavy atom. The van der Waals surface area contributed by atoms with E-state index < -0.39 is 5.41 Å². The van der Waals surface area contributed by atoms with Gasteiger partial charge in [-0.2, -0.15) is 0 Å². The van der Waals surface area contributed by atoms with Gasteiger partial charge in [-0.1, -0.05) is 35.9 Å². The highest BCUT2D eigenvalue weighted by Crippen LogP contribution is 2.25. The first kappa shape index (κ1) is 17.0. The van der Waals surface area contributed by atoms with Gasteiger partial charge in [0.25, 0.3) is 0 Å². The fourth-order valence-corrected chi connectivity index (χ4v) is 2.33. The third-order valence-electron chi connectivity index (χ3n) is 3.63. The number of nitrogens with one attached hydrogen (secondary N) is 1. The minimum Gasteiger partial charge on any atom is -0.325 e. The van der Waals surface area contributed by atoms with Crippen molar-refractivity contribution in [3.63, 3.8) is 0 Å². The quantitative estimate of drug-likeness (QED) is 0.862. The molecule has 23 heavy (non-hydrogen) atoms. The zero-order chi connectivity index (χ0) is 17.0. The zero-order valence-electron chi connectivity index (χ0n) is 13.3. The lowest BCUT2D eigenvalue weighted by Crippen LogP contribution is -2.46. The van der Waals surface area contributed by atoms with Gasteiger partial charge >= 0.3 is 0 Å². The number of amides is 2. The fourth-order valence-electron chi connectivity index (χ4n) is 2.14. The molecule has 2 aromatic carbocycles. The molecule has 0 fully saturated rings. The van der Waals surface area contributed by atoms with Crippen molar-refractivity contribution in [2.75, 3.05) is 17.3 Å². The molecular formula is C18H19ClN2O2. The monoisotopic (exact) mass is 330 g/mol. The highest BCUT2D eigenvalue weighted by atomic mass is 35.5. The summed E-state index contributed by atoms with van der Waals surface area (Å²) in [4.78, 5) is 26.7. The number of hydrogen-bond donors (Lipinski definition) is 1. The van der Waals surface area contributed by atoms with Crippen molar-refractivity contribution in [2.45, 2.75) is 13.8 Å². The van der Waals surface area contributed by atoms with Gasteiger partial charge in [0, 0.05) is 23.4 Å². The Hall–Kier alpha value is -2.33. The summed E-state index contributed by atoms with van der Waals surface area (Å²) in [6.45, 7) is 3.21. The van der Waals surface area contributed by atoms with Gasteiger partial charge < -0.3 is 10.2 Å². The van der Waals surface area contributed by atoms with Crippen LogP contribution in [0.2, 0.25) is 5.02 Å². The number of nitrogens with zero attached hydrogens (tertiary/aromatic N) is 1. The van der Waals surface area contributed by atoms with Crippen LogP contribution in [0.15, 0.2) is 54.6 Å². The second-order valence-corrected chi connectivity index (χ2v) is 6.23. The van der Waals surface area contributed by atoms with Gasteiger partial charge in [0.05, 0.1) is 0 Å². The summed E-state index contributed by atoms with van der Waals surface area (Å²) < 4.78 is 0. The molecule has 0 spiro atoms. The number of hydrogen-bond acceptors (Lipinski definition) is 2. The molecule has 0 aliphatic carbocycles. The largest absolute Gasteiger partial charge is 0.325 e. The van der Waals surface area contributed by atoms with Gasteiger partial charge in [-0.15, -0.1) is 0 Å². The number of halogens is 1. The zero-order valence-corrected chi connectivity index (χ0v) is 14.1. The summed E-state index contributed by atoms with van der Waals surface area (Å²) in [7, 11) is 1.66. The van der Waals surface area contributed by atoms with Crippen molar-refractivity contribution in [3.05, 3.63) is 59.6 Å². The maximum Gasteiger partial charge on any atom is 0.241 e. The summed E-state index contributed by atoms with van der Waals surface area (Å²) >= 11 is 5.91. The van der Waals surface area contributed by atoms with E-state index >= 15 is 0 Å². The second-order valence-electron chi connectivity index (χ2n) is 5.79. The van der Waals surface area contributed by atoms with Crippen molar-refractivity contribution < 1.29 is 9.59 Å². The van der Waals surface area contributed by atoms with Crippen LogP contribution in [0.5, 0.6) is 0 Å². The number of rotatable bonds is 4. The second kappa shape index (κ2) is 6.84. The normalized spacial score (nSPS) is 11.0. The van der Waals surface area contributed by atoms with Gasteiger partial charge in [0.1, 0.15) is 5.41 Å². The Morgan fingerprint density at radius 2 is 1.70 bits per heavy atom. The maximum absolute atomic E-state index is 12.7. The summed E-state index contributed by atoms with van der Waals surface area (Å²) in [5.74, 6) is -0.671. The predicted molar refractivity (Wildman–Crippen MR) is 93.7 cm³/mol. The molecule has 5 heteroatoms. The van der Waals surface area contributed by atoms with Crippen molar-refractivity contribution in [3.8, 4) is 0 Å². The summed E-state index contributed by atoms with van der Waals surface area (Å²) in [5.41, 5.74) is 0.0827. The molecule has 0 atom stereocenters. The highest BCUT2D eigenvalue weighted by molar-refractivity contribution is 6.31. The molecule has 4 nitrogen and oxygen atoms in total. The van der Waals surface area contributed by atoms with Crippen LogP contribution in [0, 0.1) is 5.41 Å². The SMILES string of the molecule is CN(C(=O)C(C)(C)C(=O)Nc1cccc(Cl)c1)c1ccccc1. The lowest BCUT2D eigenvalue weighted by molar-refractivity contribution is -0.136. The Labute approximate surface area is 141 Å². The third-order valence-corrected chi connectivity index (χ3v) is 3.87. The number of carbonyl (C=O) groups excluding carboxylic acids is 2. The molecule has 2 rings (SSSR count). The predicted octanol–water partition coefficient (Wildman–Crippen LogP) is 3.97. The van der Waals surface area contributed by atoms with Crippen molar-refractivity contribution in [2.24, 2.45) is 5.41 Å². The molecule has 0 aliphatic rings. The number of anilines is 2. The van der Waals surface area contributed by atoms with Crippen molar-refractivity contribution in [1.82, 2.24) is 0 Å². The number of para-hydroxylation sites is 1. The van der Waals surface area contributed by atoms with E-state index in [9.17, 15) is 9.59 Å². The Kier molecular flexibility index (Phi) is 5.06. The third kappa shape index (κ3) is 3.90. The number of carbonyl (C=O) groups is 2. The standard InChI is InChI=1S/C18H19ClN2O2/c1-18(2,16(22)20-14-9-7-8-13(19)12-14)17(23)21(3)15-10-5-4-6-11-15/h4-12H,1-3H3,(H,20,22). The van der Waals surface area contributed by atoms with Crippen LogP contribution in [0.1, 0.15) is 13.8 Å². The molecule has 0 saturated heterocycles. The Balaban J connectivity index is 2.16. The lowest BCUT2D eigenvalue weighted by Gasteiger charge is -2.28. The minimum absolute atomic E-state index is 0.289. The van der Waals surface area contributed by atoms with E-state index in [0.29, 0.717) is 10.7 Å². The molecule has 0 unspecified atom stereocenters. The fraction of sp³-hybridized carbons (Fsp3) is 0.222. The molecule has 0 radical (unpaired) electrons. The number of benzene rings is 2. The summed E-state index contributed by atoms with van der Waals surface area (Å²) in [6, 6.07) is 16.0. The van der Waals surface area contributed by atoms with E-state index in [4.69, 9.17) is 11.6 Å². The molecule has 0 bridgehead atoms. The molecule has 0 saturated carbocycles. The van der Waals surface area contributed by atoms with Crippen LogP contribution in [0.4, 0.5) is 11.4 Å². The molecule has 2 aromatic rings. The Morgan fingerprint density at radius 1 is 1.04 bits per heavy atom. The molecular weight excluding hydrogens is 312 g/mol. The summed E-state index contributed by atoms with van der Waals surface area (Å²) in [5, 5.41) is 3.26. The first-order valence-corrected chi connectivity index (χ1v) is 7.60. The summed E-state index contributed by atoms with van der Waals surface area (Å²) in [6.07, 6.45) is 0. The Bertz CT molecular complexity index is 714. The van der Waals surface area contributed by atoms with E-state index in [2.05, 4.69) is 5.32 Å². The molecule has 120 valence electrons. The van der Waals surface area contributed by atoms with E-state index in [0.717, 1.165) is 5.69 Å². The topological polar surface area (TPSA) is 49.4 Å². The van der Waals surface area contributed by atoms with Crippen LogP contribution in [0.25, 0.3) is 0 Å². The molecule has 0 heterocycles. The molecule has 0 aliphatic heterocycles. The van der Waals surface area contributed by atoms with E-state index in [1.807, 2.05) is 30.3 Å². The smallest absolute Gasteiger partial charge is 0.241 e. The van der Waals surface area contributed by atoms with Crippen molar-refractivity contribution >= 4 is 34.8 Å². The van der Waals surface area contributed by atoms with Gasteiger partial charge in [-0.25, -0.2) is 0 Å². The lowest BCUT2D eigenvalue weighted by atomic mass is 9.90. The average molecular weight is 331 g/mol. The van der Waals surface area contributed by atoms with Crippen LogP contribution < -0.4 is 10.2 Å². The van der Waals surface area contributed by atoms with Crippen LogP contribution in [-0.4, -0.2) is 18.9 Å². The van der Waals surface area contributed by atoms with Gasteiger partial charge in [-0.05, 0) is 44.2 Å². The molecule has 1 N–H and O–H groups in total. The van der Waals surface area contributed by atoms with Gasteiger partial charge in [0.15, 0.2) is 0 Å². The van der Waals surface area contributed by atoms with Crippen LogP contribution >= 0.6 is 11.6 Å². The molecule has 2 amide bonds. The van der Waals surface area contributed by atoms with Gasteiger partial charge in [0.2, 0.25) is 11.8 Å². The van der Waals surface area contributed by atoms with Crippen molar-refractivity contribution in [1.29, 1.82) is 0 Å². The van der Waals surface area contributed by atoms with Gasteiger partial charge in [-0.3, -0.25) is 9.59 Å².